The lowest BCUT2D eigenvalue weighted by Crippen LogP contribution is -2.50. The summed E-state index contributed by atoms with van der Waals surface area (Å²) >= 11 is 0. The molecule has 1 heterocycles. The van der Waals surface area contributed by atoms with E-state index in [1.54, 1.807) is 13.8 Å². The molecule has 0 saturated heterocycles. The van der Waals surface area contributed by atoms with E-state index in [-0.39, 0.29) is 37.3 Å². The van der Waals surface area contributed by atoms with Crippen LogP contribution in [-0.2, 0) is 19.1 Å². The van der Waals surface area contributed by atoms with Crippen LogP contribution in [0.3, 0.4) is 0 Å². The largest absolute Gasteiger partial charge is 0.463 e. The molecule has 0 saturated carbocycles. The first kappa shape index (κ1) is 24.6. The van der Waals surface area contributed by atoms with Gasteiger partial charge in [0.1, 0.15) is 6.54 Å². The van der Waals surface area contributed by atoms with Crippen molar-refractivity contribution in [2.45, 2.75) is 58.8 Å². The second-order valence-corrected chi connectivity index (χ2v) is 7.99. The van der Waals surface area contributed by atoms with Crippen LogP contribution in [0.15, 0.2) is 35.5 Å². The van der Waals surface area contributed by atoms with Gasteiger partial charge in [-0.1, -0.05) is 36.2 Å². The van der Waals surface area contributed by atoms with Crippen molar-refractivity contribution in [3.05, 3.63) is 46.7 Å². The first-order valence-electron chi connectivity index (χ1n) is 11.2. The first-order valence-corrected chi connectivity index (χ1v) is 11.2. The number of amides is 2. The van der Waals surface area contributed by atoms with Gasteiger partial charge in [0, 0.05) is 24.6 Å². The summed E-state index contributed by atoms with van der Waals surface area (Å²) in [7, 11) is 0. The third kappa shape index (κ3) is 6.92. The standard InChI is InChI=1S/C24H35N3O4/c1-4-31-24(30)23-18(3)27(16-21(28)26-13-8-6-5-7-12-25)22(29)15-20(23)19-11-9-10-17(2)14-19/h9-11,14,20H,4-8,12-13,15-16,25H2,1-3H3,(H,26,28)/p+1/t20-/m0/s1. The van der Waals surface area contributed by atoms with Crippen molar-refractivity contribution in [3.63, 3.8) is 0 Å². The Morgan fingerprint density at radius 2 is 1.94 bits per heavy atom. The van der Waals surface area contributed by atoms with Crippen LogP contribution in [0.25, 0.3) is 0 Å². The van der Waals surface area contributed by atoms with E-state index >= 15 is 0 Å². The molecule has 0 spiro atoms. The fourth-order valence-corrected chi connectivity index (χ4v) is 3.93. The molecule has 1 atom stereocenters. The molecule has 7 heteroatoms. The van der Waals surface area contributed by atoms with E-state index in [1.807, 2.05) is 31.2 Å². The molecule has 170 valence electrons. The van der Waals surface area contributed by atoms with Crippen molar-refractivity contribution in [2.24, 2.45) is 0 Å². The molecule has 0 aliphatic carbocycles. The van der Waals surface area contributed by atoms with Crippen LogP contribution in [0.5, 0.6) is 0 Å². The van der Waals surface area contributed by atoms with Gasteiger partial charge in [-0.15, -0.1) is 0 Å². The zero-order valence-corrected chi connectivity index (χ0v) is 19.0. The SMILES string of the molecule is CCOC(=O)C1=C(C)N(CC(=O)NCCCCCC[NH3+])C(=O)C[C@H]1c1cccc(C)c1. The molecule has 2 amide bonds. The molecule has 0 radical (unpaired) electrons. The van der Waals surface area contributed by atoms with Crippen molar-refractivity contribution in [1.29, 1.82) is 0 Å². The van der Waals surface area contributed by atoms with Crippen molar-refractivity contribution >= 4 is 17.8 Å². The van der Waals surface area contributed by atoms with Crippen molar-refractivity contribution in [1.82, 2.24) is 10.2 Å². The minimum Gasteiger partial charge on any atom is -0.463 e. The van der Waals surface area contributed by atoms with Gasteiger partial charge in [-0.3, -0.25) is 9.59 Å². The van der Waals surface area contributed by atoms with E-state index in [9.17, 15) is 14.4 Å². The van der Waals surface area contributed by atoms with Crippen molar-refractivity contribution < 1.29 is 24.9 Å². The number of benzene rings is 1. The lowest BCUT2D eigenvalue weighted by atomic mass is 9.83. The fraction of sp³-hybridized carbons (Fsp3) is 0.542. The molecule has 1 aliphatic rings. The Hall–Kier alpha value is -2.67. The summed E-state index contributed by atoms with van der Waals surface area (Å²) in [5, 5.41) is 2.88. The monoisotopic (exact) mass is 430 g/mol. The van der Waals surface area contributed by atoms with Crippen LogP contribution in [-0.4, -0.2) is 48.9 Å². The molecular weight excluding hydrogens is 394 g/mol. The summed E-state index contributed by atoms with van der Waals surface area (Å²) in [5.41, 5.74) is 6.73. The third-order valence-electron chi connectivity index (χ3n) is 5.56. The Bertz CT molecular complexity index is 819. The molecule has 0 bridgehead atoms. The number of hydrogen-bond donors (Lipinski definition) is 2. The van der Waals surface area contributed by atoms with Crippen LogP contribution in [0.1, 0.15) is 63.0 Å². The van der Waals surface area contributed by atoms with Gasteiger partial charge in [0.25, 0.3) is 0 Å². The number of nitrogens with one attached hydrogen (secondary N) is 1. The van der Waals surface area contributed by atoms with Crippen LogP contribution in [0.2, 0.25) is 0 Å². The highest BCUT2D eigenvalue weighted by molar-refractivity contribution is 5.97. The number of quaternary nitrogens is 1. The first-order chi connectivity index (χ1) is 14.9. The van der Waals surface area contributed by atoms with Gasteiger partial charge in [-0.05, 0) is 45.6 Å². The predicted molar refractivity (Wildman–Crippen MR) is 119 cm³/mol. The molecule has 1 aliphatic heterocycles. The quantitative estimate of drug-likeness (QED) is 0.414. The Morgan fingerprint density at radius 1 is 1.19 bits per heavy atom. The number of unbranched alkanes of at least 4 members (excludes halogenated alkanes) is 3. The predicted octanol–water partition coefficient (Wildman–Crippen LogP) is 2.07. The minimum absolute atomic E-state index is 0.0903. The highest BCUT2D eigenvalue weighted by Gasteiger charge is 2.37. The number of allylic oxidation sites excluding steroid dienone is 1. The van der Waals surface area contributed by atoms with E-state index in [0.717, 1.165) is 43.4 Å². The van der Waals surface area contributed by atoms with E-state index < -0.39 is 5.97 Å². The van der Waals surface area contributed by atoms with Crippen molar-refractivity contribution in [3.8, 4) is 0 Å². The zero-order valence-electron chi connectivity index (χ0n) is 19.0. The number of hydrogen-bond acceptors (Lipinski definition) is 4. The molecule has 1 aromatic rings. The second kappa shape index (κ2) is 12.2. The number of nitrogens with zero attached hydrogens (tertiary/aromatic N) is 1. The molecule has 4 N–H and O–H groups in total. The lowest BCUT2D eigenvalue weighted by molar-refractivity contribution is -0.368. The zero-order chi connectivity index (χ0) is 22.8. The van der Waals surface area contributed by atoms with Gasteiger partial charge >= 0.3 is 5.97 Å². The third-order valence-corrected chi connectivity index (χ3v) is 5.56. The number of esters is 1. The summed E-state index contributed by atoms with van der Waals surface area (Å²) in [6, 6.07) is 7.81. The molecule has 31 heavy (non-hydrogen) atoms. The van der Waals surface area contributed by atoms with Gasteiger partial charge in [0.2, 0.25) is 11.8 Å². The van der Waals surface area contributed by atoms with Gasteiger partial charge in [-0.25, -0.2) is 4.79 Å². The maximum absolute atomic E-state index is 12.9. The van der Waals surface area contributed by atoms with Crippen LogP contribution < -0.4 is 11.1 Å². The number of carbonyl (C=O) groups is 3. The summed E-state index contributed by atoms with van der Waals surface area (Å²) in [6.45, 7) is 7.12. The van der Waals surface area contributed by atoms with Gasteiger partial charge in [-0.2, -0.15) is 0 Å². The van der Waals surface area contributed by atoms with Crippen LogP contribution in [0, 0.1) is 6.92 Å². The smallest absolute Gasteiger partial charge is 0.336 e. The van der Waals surface area contributed by atoms with E-state index in [2.05, 4.69) is 11.1 Å². The second-order valence-electron chi connectivity index (χ2n) is 7.99. The normalized spacial score (nSPS) is 16.5. The molecule has 0 aromatic heterocycles. The summed E-state index contributed by atoms with van der Waals surface area (Å²) < 4.78 is 5.29. The van der Waals surface area contributed by atoms with Gasteiger partial charge < -0.3 is 20.7 Å². The Labute approximate surface area is 185 Å². The topological polar surface area (TPSA) is 103 Å². The fourth-order valence-electron chi connectivity index (χ4n) is 3.93. The summed E-state index contributed by atoms with van der Waals surface area (Å²) in [5.74, 6) is -1.20. The van der Waals surface area contributed by atoms with Gasteiger partial charge in [0.05, 0.1) is 18.7 Å². The molecular formula is C24H36N3O4+. The average molecular weight is 431 g/mol. The van der Waals surface area contributed by atoms with E-state index in [0.29, 0.717) is 17.8 Å². The molecule has 2 rings (SSSR count). The molecule has 1 aromatic carbocycles. The van der Waals surface area contributed by atoms with Crippen LogP contribution >= 0.6 is 0 Å². The number of aryl methyl sites for hydroxylation is 1. The molecule has 0 unspecified atom stereocenters. The highest BCUT2D eigenvalue weighted by atomic mass is 16.5. The molecule has 0 fully saturated rings. The molecule has 7 nitrogen and oxygen atoms in total. The summed E-state index contributed by atoms with van der Waals surface area (Å²) in [4.78, 5) is 39.6. The van der Waals surface area contributed by atoms with Gasteiger partial charge in [0.15, 0.2) is 0 Å². The Balaban J connectivity index is 2.16. The highest BCUT2D eigenvalue weighted by Crippen LogP contribution is 2.37. The summed E-state index contributed by atoms with van der Waals surface area (Å²) in [6.07, 6.45) is 4.28. The number of carbonyl (C=O) groups excluding carboxylic acids is 3. The number of rotatable bonds is 11. The van der Waals surface area contributed by atoms with Crippen molar-refractivity contribution in [2.75, 3.05) is 26.2 Å². The lowest BCUT2D eigenvalue weighted by Gasteiger charge is -2.34. The minimum atomic E-state index is -0.435. The van der Waals surface area contributed by atoms with E-state index in [4.69, 9.17) is 4.74 Å². The van der Waals surface area contributed by atoms with E-state index in [1.165, 1.54) is 4.90 Å². The maximum Gasteiger partial charge on any atom is 0.336 e. The maximum atomic E-state index is 12.9. The Kier molecular flexibility index (Phi) is 9.72. The average Bonchev–Trinajstić information content (AvgIpc) is 2.73. The number of ether oxygens (including phenoxy) is 1. The van der Waals surface area contributed by atoms with Crippen LogP contribution in [0.4, 0.5) is 0 Å². The Morgan fingerprint density at radius 3 is 2.61 bits per heavy atom.